The molecule has 0 atom stereocenters. The van der Waals surface area contributed by atoms with Crippen molar-refractivity contribution < 1.29 is 38.4 Å². The molecule has 18 nitrogen and oxygen atoms in total. The van der Waals surface area contributed by atoms with Gasteiger partial charge in [-0.25, -0.2) is 24.7 Å². The van der Waals surface area contributed by atoms with E-state index in [4.69, 9.17) is 74.5 Å². The van der Waals surface area contributed by atoms with Crippen LogP contribution in [0.4, 0.5) is 11.6 Å². The molecule has 462 valence electrons. The Labute approximate surface area is 518 Å². The fourth-order valence-corrected chi connectivity index (χ4v) is 9.68. The highest BCUT2D eigenvalue weighted by Crippen LogP contribution is 2.36. The summed E-state index contributed by atoms with van der Waals surface area (Å²) >= 11 is 10.5. The average Bonchev–Trinajstić information content (AvgIpc) is 2.04. The monoisotopic (exact) mass is 1220 g/mol. The maximum Gasteiger partial charge on any atom is 0.358 e. The van der Waals surface area contributed by atoms with E-state index in [-0.39, 0.29) is 45.2 Å². The number of alkyl halides is 2. The number of nitrogens with zero attached hydrogens (tertiary/aromatic N) is 6. The van der Waals surface area contributed by atoms with Crippen LogP contribution in [0.15, 0.2) is 122 Å². The number of carbonyl (C=O) groups is 2. The molecule has 20 heteroatoms. The number of rotatable bonds is 13. The lowest BCUT2D eigenvalue weighted by Crippen LogP contribution is -2.44. The van der Waals surface area contributed by atoms with Gasteiger partial charge in [0.25, 0.3) is 5.91 Å². The van der Waals surface area contributed by atoms with Gasteiger partial charge < -0.3 is 51.3 Å². The molecule has 6 heterocycles. The Morgan fingerprint density at radius 2 is 0.953 bits per heavy atom. The fourth-order valence-electron chi connectivity index (χ4n) is 9.46. The standard InChI is InChI=1S/C18H22N4O2.C13H19NO.C13H15NO.C9H9N.C5H5N3O2.C4H8Cl2O.C4H8O/c1-13-2-4-14(5-3-13)18(6-10-24-11-7-18)12-22-17(23)15-16(19)21-9-8-20-15;2*1-11-2-4-12(5-3-11)13(10-14)6-8-15-9-7-13;1-8-2-4-9(5-3-8)6-7-10;6-4-3(5(9)10)7-1-2-8-4;5-1-3-7-4-2-6;1-2-4-5-3-1/h2-5,8-9H,6-7,10-12H2,1H3,(H2,19,21)(H,22,23);2-5H,6-10,14H2,1H3;2-5H,6-9H2,1H3;2-5H,6H2,1H3;1-2H,(H2,6,8)(H,9,10);1-4H2;1-4H2. The first kappa shape index (κ1) is 71.4. The van der Waals surface area contributed by atoms with E-state index in [1.54, 1.807) is 0 Å². The second-order valence-corrected chi connectivity index (χ2v) is 21.8. The highest BCUT2D eigenvalue weighted by Gasteiger charge is 2.36. The van der Waals surface area contributed by atoms with Crippen molar-refractivity contribution >= 4 is 46.7 Å². The Kier molecular flexibility index (Phi) is 32.8. The number of aromatic carboxylic acids is 1. The second-order valence-electron chi connectivity index (χ2n) is 21.1. The number of nitrogen functional groups attached to an aromatic ring is 2. The third-order valence-electron chi connectivity index (χ3n) is 14.9. The van der Waals surface area contributed by atoms with Crippen LogP contribution in [0.3, 0.4) is 0 Å². The van der Waals surface area contributed by atoms with Crippen molar-refractivity contribution in [3.05, 3.63) is 178 Å². The molecule has 0 bridgehead atoms. The van der Waals surface area contributed by atoms with Crippen LogP contribution >= 0.6 is 23.2 Å². The van der Waals surface area contributed by atoms with Gasteiger partial charge in [-0.3, -0.25) is 4.79 Å². The third kappa shape index (κ3) is 24.3. The number of carboxylic acid groups (broad SMARTS) is 1. The van der Waals surface area contributed by atoms with E-state index in [1.165, 1.54) is 71.0 Å². The number of hydrogen-bond donors (Lipinski definition) is 5. The van der Waals surface area contributed by atoms with E-state index in [2.05, 4.69) is 131 Å². The lowest BCUT2D eigenvalue weighted by Gasteiger charge is -2.38. The van der Waals surface area contributed by atoms with Gasteiger partial charge >= 0.3 is 5.97 Å². The van der Waals surface area contributed by atoms with E-state index >= 15 is 0 Å². The minimum atomic E-state index is -1.16. The Morgan fingerprint density at radius 3 is 1.33 bits per heavy atom. The highest BCUT2D eigenvalue weighted by atomic mass is 35.5. The molecule has 2 aromatic heterocycles. The molecular formula is C66H86Cl2N10O8. The van der Waals surface area contributed by atoms with Crippen LogP contribution in [0.25, 0.3) is 0 Å². The van der Waals surface area contributed by atoms with Gasteiger partial charge in [0.05, 0.1) is 37.2 Å². The second kappa shape index (κ2) is 39.6. The number of ether oxygens (including phenoxy) is 5. The number of halogens is 2. The van der Waals surface area contributed by atoms with E-state index in [9.17, 15) is 14.9 Å². The Bertz CT molecular complexity index is 2950. The smallest absolute Gasteiger partial charge is 0.358 e. The molecular weight excluding hydrogens is 1130 g/mol. The summed E-state index contributed by atoms with van der Waals surface area (Å²) in [6, 6.07) is 38.1. The molecule has 86 heavy (non-hydrogen) atoms. The molecule has 4 fully saturated rings. The zero-order valence-electron chi connectivity index (χ0n) is 50.3. The number of hydrogen-bond acceptors (Lipinski definition) is 16. The minimum absolute atomic E-state index is 0.0602. The first-order valence-electron chi connectivity index (χ1n) is 29.0. The maximum absolute atomic E-state index is 12.4. The first-order valence-corrected chi connectivity index (χ1v) is 30.1. The Morgan fingerprint density at radius 1 is 0.570 bits per heavy atom. The number of aryl methyl sites for hydroxylation is 4. The summed E-state index contributed by atoms with van der Waals surface area (Å²) in [7, 11) is 0. The molecule has 6 aromatic rings. The van der Waals surface area contributed by atoms with Gasteiger partial charge in [-0.15, -0.1) is 23.2 Å². The fraction of sp³-hybridized carbons (Fsp3) is 0.455. The van der Waals surface area contributed by atoms with Crippen LogP contribution in [-0.4, -0.2) is 128 Å². The van der Waals surface area contributed by atoms with Crippen molar-refractivity contribution in [2.75, 3.05) is 102 Å². The van der Waals surface area contributed by atoms with Gasteiger partial charge in [-0.2, -0.15) is 10.5 Å². The zero-order valence-corrected chi connectivity index (χ0v) is 51.8. The summed E-state index contributed by atoms with van der Waals surface area (Å²) in [5.41, 5.74) is 26.4. The van der Waals surface area contributed by atoms with Gasteiger partial charge in [0.2, 0.25) is 0 Å². The molecule has 4 saturated heterocycles. The SMILES string of the molecule is C1CCOC1.Cc1ccc(C2(C#N)CCOCC2)cc1.Cc1ccc(C2(CN)CCOCC2)cc1.Cc1ccc(C2(CNC(=O)c3nccnc3N)CCOCC2)cc1.Cc1ccc(CC#N)cc1.ClCCOCCCl.Nc1nccnc1C(=O)O. The molecule has 4 aliphatic heterocycles. The largest absolute Gasteiger partial charge is 0.476 e. The van der Waals surface area contributed by atoms with Crippen LogP contribution in [0.2, 0.25) is 0 Å². The van der Waals surface area contributed by atoms with Crippen LogP contribution in [0, 0.1) is 50.4 Å². The van der Waals surface area contributed by atoms with Gasteiger partial charge in [-0.05, 0) is 101 Å². The van der Waals surface area contributed by atoms with Crippen LogP contribution in [-0.2, 0) is 46.4 Å². The highest BCUT2D eigenvalue weighted by molar-refractivity contribution is 6.18. The summed E-state index contributed by atoms with van der Waals surface area (Å²) < 4.78 is 26.1. The Hall–Kier alpha value is -7.10. The van der Waals surface area contributed by atoms with Crippen molar-refractivity contribution in [1.29, 1.82) is 10.5 Å². The van der Waals surface area contributed by atoms with Crippen LogP contribution < -0.4 is 22.5 Å². The molecule has 0 aliphatic carbocycles. The maximum atomic E-state index is 12.4. The van der Waals surface area contributed by atoms with E-state index in [0.717, 1.165) is 82.6 Å². The van der Waals surface area contributed by atoms with Crippen LogP contribution in [0.1, 0.15) is 117 Å². The summed E-state index contributed by atoms with van der Waals surface area (Å²) in [4.78, 5) is 37.6. The van der Waals surface area contributed by atoms with Crippen LogP contribution in [0.5, 0.6) is 0 Å². The molecule has 0 radical (unpaired) electrons. The zero-order chi connectivity index (χ0) is 62.5. The Balaban J connectivity index is 0.000000226. The first-order chi connectivity index (χ1) is 41.6. The third-order valence-corrected chi connectivity index (χ3v) is 15.2. The number of nitriles is 2. The van der Waals surface area contributed by atoms with E-state index < -0.39 is 5.97 Å². The number of amides is 1. The normalized spacial score (nSPS) is 15.8. The number of benzene rings is 4. The lowest BCUT2D eigenvalue weighted by molar-refractivity contribution is 0.0486. The average molecular weight is 1220 g/mol. The number of anilines is 2. The molecule has 0 unspecified atom stereocenters. The summed E-state index contributed by atoms with van der Waals surface area (Å²) in [6.45, 7) is 17.2. The lowest BCUT2D eigenvalue weighted by atomic mass is 9.74. The number of nitrogens with one attached hydrogen (secondary N) is 1. The van der Waals surface area contributed by atoms with Crippen molar-refractivity contribution in [2.45, 2.75) is 102 Å². The molecule has 0 spiro atoms. The molecule has 0 saturated carbocycles. The van der Waals surface area contributed by atoms with Gasteiger partial charge in [-0.1, -0.05) is 119 Å². The van der Waals surface area contributed by atoms with Gasteiger partial charge in [0.1, 0.15) is 0 Å². The quantitative estimate of drug-likeness (QED) is 0.0530. The summed E-state index contributed by atoms with van der Waals surface area (Å²) in [5.74, 6) is -0.265. The number of nitrogens with two attached hydrogens (primary N) is 3. The number of aromatic nitrogens is 4. The predicted molar refractivity (Wildman–Crippen MR) is 338 cm³/mol. The number of carboxylic acids is 1. The minimum Gasteiger partial charge on any atom is -0.476 e. The van der Waals surface area contributed by atoms with Crippen molar-refractivity contribution in [2.24, 2.45) is 5.73 Å². The van der Waals surface area contributed by atoms with Crippen molar-refractivity contribution in [1.82, 2.24) is 25.3 Å². The number of carbonyl (C=O) groups excluding carboxylic acids is 1. The molecule has 4 aliphatic rings. The van der Waals surface area contributed by atoms with Gasteiger partial charge in [0.15, 0.2) is 23.0 Å². The van der Waals surface area contributed by atoms with Gasteiger partial charge in [0, 0.05) is 113 Å². The summed E-state index contributed by atoms with van der Waals surface area (Å²) in [5, 5.41) is 29.1. The molecule has 1 amide bonds. The van der Waals surface area contributed by atoms with Crippen molar-refractivity contribution in [3.63, 3.8) is 0 Å². The summed E-state index contributed by atoms with van der Waals surface area (Å²) in [6.07, 6.45) is 14.1. The molecule has 4 aromatic carbocycles. The van der Waals surface area contributed by atoms with Crippen molar-refractivity contribution in [3.8, 4) is 12.1 Å². The van der Waals surface area contributed by atoms with E-state index in [0.29, 0.717) is 64.4 Å². The predicted octanol–water partition coefficient (Wildman–Crippen LogP) is 10.5. The molecule has 8 N–H and O–H groups in total. The topological polar surface area (TPSA) is 290 Å². The van der Waals surface area contributed by atoms with E-state index in [1.807, 2.05) is 31.2 Å². The molecule has 10 rings (SSSR count).